The number of allylic oxidation sites excluding steroid dienone is 2. The Morgan fingerprint density at radius 2 is 1.46 bits per heavy atom. The van der Waals surface area contributed by atoms with Crippen molar-refractivity contribution in [3.05, 3.63) is 47.6 Å². The maximum absolute atomic E-state index is 11.6. The predicted molar refractivity (Wildman–Crippen MR) is 91.6 cm³/mol. The minimum Gasteiger partial charge on any atom is -0.493 e. The summed E-state index contributed by atoms with van der Waals surface area (Å²) in [7, 11) is 6.42. The first-order chi connectivity index (χ1) is 11.3. The van der Waals surface area contributed by atoms with Crippen LogP contribution >= 0.6 is 0 Å². The summed E-state index contributed by atoms with van der Waals surface area (Å²) in [4.78, 5) is 11.6. The number of methoxy groups -OCH3 is 4. The number of hydrogen-bond donors (Lipinski definition) is 0. The number of ether oxygens (including phenoxy) is 4. The van der Waals surface area contributed by atoms with Gasteiger partial charge in [-0.05, 0) is 55.8 Å². The Balaban J connectivity index is 2.77. The molecule has 0 saturated heterocycles. The fourth-order valence-electron chi connectivity index (χ4n) is 2.76. The van der Waals surface area contributed by atoms with E-state index in [1.165, 1.54) is 12.2 Å². The summed E-state index contributed by atoms with van der Waals surface area (Å²) in [5, 5.41) is 0. The molecule has 1 aromatic carbocycles. The molecule has 0 aromatic heterocycles. The molecule has 0 radical (unpaired) electrons. The predicted octanol–water partition coefficient (Wildman–Crippen LogP) is 3.12. The number of rotatable bonds is 6. The molecule has 1 aliphatic rings. The molecule has 5 nitrogen and oxygen atoms in total. The molecule has 130 valence electrons. The topological polar surface area (TPSA) is 54.0 Å². The Kier molecular flexibility index (Phi) is 5.16. The summed E-state index contributed by atoms with van der Waals surface area (Å²) >= 11 is 0. The van der Waals surface area contributed by atoms with Crippen molar-refractivity contribution in [2.24, 2.45) is 0 Å². The van der Waals surface area contributed by atoms with Crippen molar-refractivity contribution in [2.75, 3.05) is 28.4 Å². The van der Waals surface area contributed by atoms with Crippen LogP contribution in [0.1, 0.15) is 25.0 Å². The monoisotopic (exact) mass is 332 g/mol. The van der Waals surface area contributed by atoms with Crippen LogP contribution in [-0.2, 0) is 25.5 Å². The maximum atomic E-state index is 11.6. The van der Waals surface area contributed by atoms with E-state index in [0.717, 1.165) is 11.1 Å². The van der Waals surface area contributed by atoms with E-state index in [-0.39, 0.29) is 5.78 Å². The summed E-state index contributed by atoms with van der Waals surface area (Å²) in [6.07, 6.45) is 6.49. The van der Waals surface area contributed by atoms with Gasteiger partial charge in [0, 0.05) is 19.8 Å². The molecule has 0 N–H and O–H groups in total. The van der Waals surface area contributed by atoms with E-state index in [9.17, 15) is 4.79 Å². The standard InChI is InChI=1S/C19H24O5/c1-18(2,23-5)14-11-16(21-3)17(22-4)12-15(14)19(24-6)9-7-13(20)8-10-19/h7-12H,1-6H3. The molecule has 2 rings (SSSR count). The molecule has 0 amide bonds. The van der Waals surface area contributed by atoms with Crippen LogP contribution < -0.4 is 9.47 Å². The van der Waals surface area contributed by atoms with Crippen LogP contribution in [-0.4, -0.2) is 34.2 Å². The molecule has 0 atom stereocenters. The normalized spacial score (nSPS) is 16.3. The third-order valence-corrected chi connectivity index (χ3v) is 4.43. The second kappa shape index (κ2) is 6.79. The molecule has 0 unspecified atom stereocenters. The van der Waals surface area contributed by atoms with Crippen LogP contribution in [0.2, 0.25) is 0 Å². The second-order valence-electron chi connectivity index (χ2n) is 6.03. The van der Waals surface area contributed by atoms with Gasteiger partial charge < -0.3 is 18.9 Å². The Morgan fingerprint density at radius 3 is 1.92 bits per heavy atom. The quantitative estimate of drug-likeness (QED) is 0.801. The van der Waals surface area contributed by atoms with Gasteiger partial charge in [0.25, 0.3) is 0 Å². The summed E-state index contributed by atoms with van der Waals surface area (Å²) in [5.41, 5.74) is 0.241. The highest BCUT2D eigenvalue weighted by Gasteiger charge is 2.37. The first-order valence-corrected chi connectivity index (χ1v) is 7.63. The second-order valence-corrected chi connectivity index (χ2v) is 6.03. The Labute approximate surface area is 142 Å². The van der Waals surface area contributed by atoms with Crippen LogP contribution in [0, 0.1) is 0 Å². The van der Waals surface area contributed by atoms with Gasteiger partial charge in [0.2, 0.25) is 0 Å². The van der Waals surface area contributed by atoms with Crippen LogP contribution in [0.25, 0.3) is 0 Å². The molecule has 0 spiro atoms. The highest BCUT2D eigenvalue weighted by Crippen LogP contribution is 2.43. The minimum atomic E-state index is -0.876. The van der Waals surface area contributed by atoms with Crippen molar-refractivity contribution < 1.29 is 23.7 Å². The van der Waals surface area contributed by atoms with E-state index in [1.54, 1.807) is 40.6 Å². The molecule has 0 bridgehead atoms. The first kappa shape index (κ1) is 18.2. The van der Waals surface area contributed by atoms with Crippen molar-refractivity contribution in [3.8, 4) is 11.5 Å². The Hall–Kier alpha value is -2.11. The lowest BCUT2D eigenvalue weighted by Crippen LogP contribution is -2.32. The molecule has 1 aliphatic carbocycles. The molecular weight excluding hydrogens is 308 g/mol. The molecule has 24 heavy (non-hydrogen) atoms. The third-order valence-electron chi connectivity index (χ3n) is 4.43. The highest BCUT2D eigenvalue weighted by molar-refractivity contribution is 6.00. The Bertz CT molecular complexity index is 669. The average Bonchev–Trinajstić information content (AvgIpc) is 2.61. The summed E-state index contributed by atoms with van der Waals surface area (Å²) in [6, 6.07) is 3.75. The van der Waals surface area contributed by atoms with Crippen molar-refractivity contribution in [2.45, 2.75) is 25.0 Å². The largest absolute Gasteiger partial charge is 0.493 e. The van der Waals surface area contributed by atoms with Crippen molar-refractivity contribution in [3.63, 3.8) is 0 Å². The van der Waals surface area contributed by atoms with E-state index >= 15 is 0 Å². The summed E-state index contributed by atoms with van der Waals surface area (Å²) in [5.74, 6) is 1.11. The molecule has 0 aliphatic heterocycles. The van der Waals surface area contributed by atoms with Gasteiger partial charge in [0.15, 0.2) is 17.3 Å². The molecule has 1 aromatic rings. The minimum absolute atomic E-state index is 0.0734. The number of hydrogen-bond acceptors (Lipinski definition) is 5. The van der Waals surface area contributed by atoms with Crippen LogP contribution in [0.4, 0.5) is 0 Å². The number of carbonyl (C=O) groups is 1. The van der Waals surface area contributed by atoms with Crippen molar-refractivity contribution in [1.82, 2.24) is 0 Å². The van der Waals surface area contributed by atoms with Crippen LogP contribution in [0.15, 0.2) is 36.4 Å². The van der Waals surface area contributed by atoms with Crippen LogP contribution in [0.3, 0.4) is 0 Å². The van der Waals surface area contributed by atoms with E-state index < -0.39 is 11.2 Å². The lowest BCUT2D eigenvalue weighted by atomic mass is 9.81. The molecule has 0 fully saturated rings. The summed E-state index contributed by atoms with van der Waals surface area (Å²) in [6.45, 7) is 3.92. The van der Waals surface area contributed by atoms with Gasteiger partial charge in [-0.15, -0.1) is 0 Å². The SMILES string of the molecule is COc1cc(C(C)(C)OC)c(C2(OC)C=CC(=O)C=C2)cc1OC. The maximum Gasteiger partial charge on any atom is 0.178 e. The van der Waals surface area contributed by atoms with Gasteiger partial charge in [0.1, 0.15) is 5.60 Å². The number of carbonyl (C=O) groups excluding carboxylic acids is 1. The zero-order chi connectivity index (χ0) is 18.0. The van der Waals surface area contributed by atoms with Gasteiger partial charge in [-0.3, -0.25) is 4.79 Å². The third kappa shape index (κ3) is 3.09. The van der Waals surface area contributed by atoms with Gasteiger partial charge in [0.05, 0.1) is 19.8 Å². The van der Waals surface area contributed by atoms with Crippen LogP contribution in [0.5, 0.6) is 11.5 Å². The van der Waals surface area contributed by atoms with E-state index in [1.807, 2.05) is 26.0 Å². The zero-order valence-electron chi connectivity index (χ0n) is 15.0. The number of ketones is 1. The lowest BCUT2D eigenvalue weighted by Gasteiger charge is -2.35. The average molecular weight is 332 g/mol. The fraction of sp³-hybridized carbons (Fsp3) is 0.421. The van der Waals surface area contributed by atoms with E-state index in [0.29, 0.717) is 11.5 Å². The molecule has 0 saturated carbocycles. The van der Waals surface area contributed by atoms with Gasteiger partial charge in [-0.2, -0.15) is 0 Å². The Morgan fingerprint density at radius 1 is 0.917 bits per heavy atom. The van der Waals surface area contributed by atoms with E-state index in [2.05, 4.69) is 0 Å². The zero-order valence-corrected chi connectivity index (χ0v) is 15.0. The molecular formula is C19H24O5. The first-order valence-electron chi connectivity index (χ1n) is 7.63. The molecule has 5 heteroatoms. The van der Waals surface area contributed by atoms with Gasteiger partial charge in [-0.1, -0.05) is 0 Å². The van der Waals surface area contributed by atoms with Crippen molar-refractivity contribution >= 4 is 5.78 Å². The van der Waals surface area contributed by atoms with E-state index in [4.69, 9.17) is 18.9 Å². The van der Waals surface area contributed by atoms with Gasteiger partial charge in [-0.25, -0.2) is 0 Å². The van der Waals surface area contributed by atoms with Gasteiger partial charge >= 0.3 is 0 Å². The lowest BCUT2D eigenvalue weighted by molar-refractivity contribution is -0.110. The molecule has 0 heterocycles. The fourth-order valence-corrected chi connectivity index (χ4v) is 2.76. The summed E-state index contributed by atoms with van der Waals surface area (Å²) < 4.78 is 22.3. The smallest absolute Gasteiger partial charge is 0.178 e. The highest BCUT2D eigenvalue weighted by atomic mass is 16.5. The number of benzene rings is 1. The van der Waals surface area contributed by atoms with Crippen molar-refractivity contribution in [1.29, 1.82) is 0 Å².